The van der Waals surface area contributed by atoms with Crippen LogP contribution in [0.3, 0.4) is 0 Å². The number of anilines is 2. The van der Waals surface area contributed by atoms with Gasteiger partial charge in [-0.1, -0.05) is 30.7 Å². The van der Waals surface area contributed by atoms with Crippen molar-refractivity contribution < 1.29 is 8.42 Å². The lowest BCUT2D eigenvalue weighted by Crippen LogP contribution is -2.33. The lowest BCUT2D eigenvalue weighted by molar-refractivity contribution is 0.410. The van der Waals surface area contributed by atoms with Gasteiger partial charge in [0.15, 0.2) is 5.82 Å². The van der Waals surface area contributed by atoms with E-state index >= 15 is 0 Å². The van der Waals surface area contributed by atoms with Crippen molar-refractivity contribution in [2.45, 2.75) is 56.0 Å². The summed E-state index contributed by atoms with van der Waals surface area (Å²) in [6, 6.07) is 14.2. The van der Waals surface area contributed by atoms with Crippen LogP contribution in [0.1, 0.15) is 38.2 Å². The summed E-state index contributed by atoms with van der Waals surface area (Å²) in [5, 5.41) is 12.8. The number of rotatable bonds is 7. The molecule has 9 nitrogen and oxygen atoms in total. The minimum absolute atomic E-state index is 0.0226. The molecule has 0 aliphatic heterocycles. The Morgan fingerprint density at radius 1 is 1.05 bits per heavy atom. The smallest absolute Gasteiger partial charge is 0.264 e. The summed E-state index contributed by atoms with van der Waals surface area (Å²) >= 11 is 6.05. The van der Waals surface area contributed by atoms with Gasteiger partial charge < -0.3 is 11.1 Å². The fraction of sp³-hybridized carbons (Fsp3) is 0.308. The Balaban J connectivity index is 1.37. The maximum absolute atomic E-state index is 12.7. The quantitative estimate of drug-likeness (QED) is 0.306. The van der Waals surface area contributed by atoms with Crippen molar-refractivity contribution in [3.05, 3.63) is 65.3 Å². The first kappa shape index (κ1) is 25.3. The number of halogens is 1. The van der Waals surface area contributed by atoms with E-state index in [0.717, 1.165) is 54.1 Å². The van der Waals surface area contributed by atoms with Crippen LogP contribution in [0.2, 0.25) is 5.02 Å². The molecular weight excluding hydrogens is 510 g/mol. The Hall–Kier alpha value is -3.34. The summed E-state index contributed by atoms with van der Waals surface area (Å²) in [5.41, 5.74) is 9.45. The Bertz CT molecular complexity index is 1520. The van der Waals surface area contributed by atoms with E-state index in [0.29, 0.717) is 23.7 Å². The van der Waals surface area contributed by atoms with Crippen molar-refractivity contribution in [1.82, 2.24) is 20.2 Å². The molecule has 2 aromatic heterocycles. The second-order valence-electron chi connectivity index (χ2n) is 9.22. The summed E-state index contributed by atoms with van der Waals surface area (Å²) in [4.78, 5) is 9.33. The SMILES string of the molecule is CCc1cc(-c2ccc(NS(=O)(=O)c3ccccc3Cl)nn2)cc2cnc(N[C@H]3CC[C@H](N)CC3)nc12. The lowest BCUT2D eigenvalue weighted by Gasteiger charge is -2.26. The van der Waals surface area contributed by atoms with Crippen LogP contribution in [0.4, 0.5) is 11.8 Å². The number of aryl methyl sites for hydroxylation is 1. The van der Waals surface area contributed by atoms with E-state index in [4.69, 9.17) is 22.3 Å². The second kappa shape index (κ2) is 10.6. The molecule has 0 atom stereocenters. The van der Waals surface area contributed by atoms with Gasteiger partial charge in [-0.05, 0) is 74.1 Å². The van der Waals surface area contributed by atoms with Crippen molar-refractivity contribution in [1.29, 1.82) is 0 Å². The first-order valence-corrected chi connectivity index (χ1v) is 14.1. The van der Waals surface area contributed by atoms with Crippen LogP contribution in [-0.4, -0.2) is 40.7 Å². The van der Waals surface area contributed by atoms with Gasteiger partial charge in [-0.2, -0.15) is 0 Å². The fourth-order valence-corrected chi connectivity index (χ4v) is 6.07. The molecule has 1 fully saturated rings. The number of benzene rings is 2. The first-order chi connectivity index (χ1) is 17.8. The van der Waals surface area contributed by atoms with E-state index in [1.165, 1.54) is 12.1 Å². The minimum Gasteiger partial charge on any atom is -0.351 e. The molecule has 37 heavy (non-hydrogen) atoms. The molecule has 2 heterocycles. The molecule has 192 valence electrons. The normalized spacial score (nSPS) is 18.0. The van der Waals surface area contributed by atoms with Gasteiger partial charge in [0, 0.05) is 29.2 Å². The third-order valence-electron chi connectivity index (χ3n) is 6.57. The van der Waals surface area contributed by atoms with Gasteiger partial charge >= 0.3 is 0 Å². The number of nitrogens with two attached hydrogens (primary N) is 1. The standard InChI is InChI=1S/C26H28ClN7O2S/c1-2-16-13-17(14-18-15-29-26(31-25(16)18)30-20-9-7-19(28)8-10-20)22-11-12-24(33-32-22)34-37(35,36)23-6-4-3-5-21(23)27/h3-6,11-15,19-20H,2,7-10,28H2,1H3,(H,33,34)(H,29,30,31)/t19-,20-. The van der Waals surface area contributed by atoms with E-state index in [1.807, 2.05) is 18.3 Å². The summed E-state index contributed by atoms with van der Waals surface area (Å²) in [6.07, 6.45) is 6.66. The van der Waals surface area contributed by atoms with Crippen molar-refractivity contribution in [2.75, 3.05) is 10.0 Å². The van der Waals surface area contributed by atoms with Crippen LogP contribution in [-0.2, 0) is 16.4 Å². The van der Waals surface area contributed by atoms with Crippen LogP contribution < -0.4 is 15.8 Å². The number of aromatic nitrogens is 4. The number of fused-ring (bicyclic) bond motifs is 1. The summed E-state index contributed by atoms with van der Waals surface area (Å²) < 4.78 is 27.8. The van der Waals surface area contributed by atoms with Crippen LogP contribution in [0.15, 0.2) is 59.6 Å². The number of sulfonamides is 1. The predicted octanol–water partition coefficient (Wildman–Crippen LogP) is 4.79. The molecule has 0 amide bonds. The summed E-state index contributed by atoms with van der Waals surface area (Å²) in [7, 11) is -3.89. The molecule has 1 aliphatic carbocycles. The van der Waals surface area contributed by atoms with E-state index in [9.17, 15) is 8.42 Å². The zero-order valence-electron chi connectivity index (χ0n) is 20.4. The summed E-state index contributed by atoms with van der Waals surface area (Å²) in [5.74, 6) is 0.730. The largest absolute Gasteiger partial charge is 0.351 e. The van der Waals surface area contributed by atoms with E-state index in [-0.39, 0.29) is 15.7 Å². The second-order valence-corrected chi connectivity index (χ2v) is 11.3. The Morgan fingerprint density at radius 3 is 2.54 bits per heavy atom. The number of hydrogen-bond acceptors (Lipinski definition) is 8. The highest BCUT2D eigenvalue weighted by molar-refractivity contribution is 7.92. The molecule has 1 aliphatic rings. The molecule has 1 saturated carbocycles. The third-order valence-corrected chi connectivity index (χ3v) is 8.43. The summed E-state index contributed by atoms with van der Waals surface area (Å²) in [6.45, 7) is 2.08. The van der Waals surface area contributed by atoms with Gasteiger partial charge in [0.05, 0.1) is 16.2 Å². The van der Waals surface area contributed by atoms with Gasteiger partial charge in [0.1, 0.15) is 4.90 Å². The first-order valence-electron chi connectivity index (χ1n) is 12.3. The van der Waals surface area contributed by atoms with Crippen molar-refractivity contribution in [3.63, 3.8) is 0 Å². The van der Waals surface area contributed by atoms with Crippen LogP contribution in [0, 0.1) is 0 Å². The molecule has 0 saturated heterocycles. The molecule has 0 spiro atoms. The molecule has 0 unspecified atom stereocenters. The zero-order chi connectivity index (χ0) is 26.0. The fourth-order valence-electron chi connectivity index (χ4n) is 4.55. The van der Waals surface area contributed by atoms with Crippen LogP contribution in [0.5, 0.6) is 0 Å². The van der Waals surface area contributed by atoms with Gasteiger partial charge in [0.2, 0.25) is 5.95 Å². The maximum atomic E-state index is 12.7. The lowest BCUT2D eigenvalue weighted by atomic mass is 9.92. The average molecular weight is 538 g/mol. The molecule has 4 N–H and O–H groups in total. The molecule has 4 aromatic rings. The molecular formula is C26H28ClN7O2S. The Labute approximate surface area is 220 Å². The predicted molar refractivity (Wildman–Crippen MR) is 146 cm³/mol. The van der Waals surface area contributed by atoms with Gasteiger partial charge in [0.25, 0.3) is 10.0 Å². The van der Waals surface area contributed by atoms with E-state index in [2.05, 4.69) is 32.1 Å². The maximum Gasteiger partial charge on any atom is 0.264 e. The molecule has 0 radical (unpaired) electrons. The Morgan fingerprint density at radius 2 is 1.84 bits per heavy atom. The highest BCUT2D eigenvalue weighted by Gasteiger charge is 2.20. The molecule has 0 bridgehead atoms. The van der Waals surface area contributed by atoms with Crippen LogP contribution in [0.25, 0.3) is 22.2 Å². The Kier molecular flexibility index (Phi) is 7.23. The van der Waals surface area contributed by atoms with Crippen molar-refractivity contribution in [3.8, 4) is 11.3 Å². The molecule has 2 aromatic carbocycles. The number of nitrogens with one attached hydrogen (secondary N) is 2. The van der Waals surface area contributed by atoms with Gasteiger partial charge in [-0.3, -0.25) is 4.72 Å². The number of nitrogens with zero attached hydrogens (tertiary/aromatic N) is 4. The third kappa shape index (κ3) is 5.66. The number of hydrogen-bond donors (Lipinski definition) is 3. The zero-order valence-corrected chi connectivity index (χ0v) is 21.9. The monoisotopic (exact) mass is 537 g/mol. The highest BCUT2D eigenvalue weighted by Crippen LogP contribution is 2.28. The van der Waals surface area contributed by atoms with Crippen molar-refractivity contribution >= 4 is 44.3 Å². The molecule has 11 heteroatoms. The highest BCUT2D eigenvalue weighted by atomic mass is 35.5. The van der Waals surface area contributed by atoms with E-state index < -0.39 is 10.0 Å². The van der Waals surface area contributed by atoms with Gasteiger partial charge in [-0.25, -0.2) is 18.4 Å². The van der Waals surface area contributed by atoms with E-state index in [1.54, 1.807) is 24.3 Å². The molecule has 5 rings (SSSR count). The van der Waals surface area contributed by atoms with Gasteiger partial charge in [-0.15, -0.1) is 10.2 Å². The average Bonchev–Trinajstić information content (AvgIpc) is 2.90. The van der Waals surface area contributed by atoms with Crippen LogP contribution >= 0.6 is 11.6 Å². The minimum atomic E-state index is -3.89. The topological polar surface area (TPSA) is 136 Å². The van der Waals surface area contributed by atoms with Crippen molar-refractivity contribution in [2.24, 2.45) is 5.73 Å².